The van der Waals surface area contributed by atoms with Crippen molar-refractivity contribution in [2.24, 2.45) is 0 Å². The molecule has 4 heteroatoms. The van der Waals surface area contributed by atoms with Crippen molar-refractivity contribution in [1.82, 2.24) is 5.32 Å². The molecule has 1 N–H and O–H groups in total. The van der Waals surface area contributed by atoms with Crippen molar-refractivity contribution in [3.8, 4) is 0 Å². The molecule has 0 radical (unpaired) electrons. The fourth-order valence-corrected chi connectivity index (χ4v) is 0.891. The van der Waals surface area contributed by atoms with Gasteiger partial charge in [-0.25, -0.2) is 0 Å². The Hall–Kier alpha value is -1.32. The third-order valence-corrected chi connectivity index (χ3v) is 1.71. The van der Waals surface area contributed by atoms with Crippen LogP contribution in [0.25, 0.3) is 0 Å². The van der Waals surface area contributed by atoms with Gasteiger partial charge in [-0.05, 0) is 12.5 Å². The molecule has 4 nitrogen and oxygen atoms in total. The topological polar surface area (TPSA) is 55.4 Å². The van der Waals surface area contributed by atoms with E-state index in [1.165, 1.54) is 6.92 Å². The highest BCUT2D eigenvalue weighted by Crippen LogP contribution is 2.10. The molecule has 0 aromatic rings. The molecule has 0 saturated carbocycles. The largest absolute Gasteiger partial charge is 0.461 e. The summed E-state index contributed by atoms with van der Waals surface area (Å²) in [6, 6.07) is 0. The second kappa shape index (κ2) is 3.38. The molecular formula is C8H11NO3. The molecule has 12 heavy (non-hydrogen) atoms. The number of nitrogens with one attached hydrogen (secondary N) is 1. The van der Waals surface area contributed by atoms with Gasteiger partial charge >= 0.3 is 5.97 Å². The van der Waals surface area contributed by atoms with Gasteiger partial charge in [-0.3, -0.25) is 9.59 Å². The van der Waals surface area contributed by atoms with Crippen LogP contribution in [-0.4, -0.2) is 25.0 Å². The van der Waals surface area contributed by atoms with E-state index in [1.54, 1.807) is 6.92 Å². The first-order valence-corrected chi connectivity index (χ1v) is 3.71. The van der Waals surface area contributed by atoms with Crippen LogP contribution in [0.3, 0.4) is 0 Å². The lowest BCUT2D eigenvalue weighted by Crippen LogP contribution is -2.42. The summed E-state index contributed by atoms with van der Waals surface area (Å²) in [7, 11) is 0. The van der Waals surface area contributed by atoms with E-state index < -0.39 is 0 Å². The number of rotatable bonds is 2. The Morgan fingerprint density at radius 2 is 2.25 bits per heavy atom. The standard InChI is InChI=1S/C8H11NO3/c1-5(4-12-6(2)10)7-3-9-8(7)11/h3-4H2,1-2H3,(H,9,11). The molecule has 0 unspecified atom stereocenters. The lowest BCUT2D eigenvalue weighted by molar-refractivity contribution is -0.140. The van der Waals surface area contributed by atoms with Gasteiger partial charge in [0.25, 0.3) is 0 Å². The number of hydrogen-bond donors (Lipinski definition) is 1. The summed E-state index contributed by atoms with van der Waals surface area (Å²) in [4.78, 5) is 21.2. The summed E-state index contributed by atoms with van der Waals surface area (Å²) >= 11 is 0. The van der Waals surface area contributed by atoms with Gasteiger partial charge in [0, 0.05) is 19.0 Å². The Kier molecular flexibility index (Phi) is 2.47. The molecule has 66 valence electrons. The van der Waals surface area contributed by atoms with E-state index in [9.17, 15) is 9.59 Å². The zero-order chi connectivity index (χ0) is 9.14. The summed E-state index contributed by atoms with van der Waals surface area (Å²) in [6.07, 6.45) is 0. The minimum Gasteiger partial charge on any atom is -0.461 e. The molecule has 0 bridgehead atoms. The van der Waals surface area contributed by atoms with Crippen LogP contribution in [0.4, 0.5) is 0 Å². The van der Waals surface area contributed by atoms with Crippen molar-refractivity contribution in [1.29, 1.82) is 0 Å². The van der Waals surface area contributed by atoms with Crippen LogP contribution in [0.1, 0.15) is 13.8 Å². The number of β-lactam (4-membered cyclic amide) rings is 1. The Labute approximate surface area is 70.6 Å². The van der Waals surface area contributed by atoms with E-state index >= 15 is 0 Å². The fourth-order valence-electron chi connectivity index (χ4n) is 0.891. The van der Waals surface area contributed by atoms with Gasteiger partial charge in [-0.15, -0.1) is 0 Å². The van der Waals surface area contributed by atoms with Crippen molar-refractivity contribution in [3.05, 3.63) is 11.1 Å². The van der Waals surface area contributed by atoms with Crippen molar-refractivity contribution in [3.63, 3.8) is 0 Å². The molecule has 1 amide bonds. The Bertz CT molecular complexity index is 255. The maximum absolute atomic E-state index is 10.8. The lowest BCUT2D eigenvalue weighted by atomic mass is 10.0. The highest BCUT2D eigenvalue weighted by atomic mass is 16.5. The summed E-state index contributed by atoms with van der Waals surface area (Å²) in [5.41, 5.74) is 1.56. The molecule has 1 aliphatic rings. The van der Waals surface area contributed by atoms with E-state index in [4.69, 9.17) is 4.74 Å². The Morgan fingerprint density at radius 1 is 1.58 bits per heavy atom. The molecule has 0 aliphatic carbocycles. The van der Waals surface area contributed by atoms with Gasteiger partial charge in [0.15, 0.2) is 0 Å². The molecule has 0 atom stereocenters. The Morgan fingerprint density at radius 3 is 2.58 bits per heavy atom. The fraction of sp³-hybridized carbons (Fsp3) is 0.500. The number of carbonyl (C=O) groups is 2. The first kappa shape index (κ1) is 8.77. The Balaban J connectivity index is 2.46. The second-order valence-electron chi connectivity index (χ2n) is 2.72. The van der Waals surface area contributed by atoms with Crippen LogP contribution < -0.4 is 5.32 Å². The van der Waals surface area contributed by atoms with Crippen LogP contribution in [0.5, 0.6) is 0 Å². The van der Waals surface area contributed by atoms with Crippen molar-refractivity contribution in [2.75, 3.05) is 13.2 Å². The molecular weight excluding hydrogens is 158 g/mol. The summed E-state index contributed by atoms with van der Waals surface area (Å²) < 4.78 is 4.73. The third kappa shape index (κ3) is 1.84. The number of amides is 1. The predicted molar refractivity (Wildman–Crippen MR) is 42.3 cm³/mol. The molecule has 1 heterocycles. The van der Waals surface area contributed by atoms with E-state index in [0.29, 0.717) is 6.54 Å². The molecule has 1 fully saturated rings. The van der Waals surface area contributed by atoms with E-state index in [0.717, 1.165) is 11.1 Å². The van der Waals surface area contributed by atoms with Gasteiger partial charge in [-0.2, -0.15) is 0 Å². The van der Waals surface area contributed by atoms with Gasteiger partial charge in [0.1, 0.15) is 6.61 Å². The molecule has 1 rings (SSSR count). The minimum absolute atomic E-state index is 0.0559. The number of carbonyl (C=O) groups excluding carboxylic acids is 2. The van der Waals surface area contributed by atoms with Crippen molar-refractivity contribution in [2.45, 2.75) is 13.8 Å². The van der Waals surface area contributed by atoms with E-state index in [1.807, 2.05) is 0 Å². The normalized spacial score (nSPS) is 19.3. The maximum atomic E-state index is 10.8. The third-order valence-electron chi connectivity index (χ3n) is 1.71. The average Bonchev–Trinajstić information content (AvgIpc) is 1.98. The number of hydrogen-bond acceptors (Lipinski definition) is 3. The second-order valence-corrected chi connectivity index (χ2v) is 2.72. The molecule has 1 aliphatic heterocycles. The molecule has 0 spiro atoms. The van der Waals surface area contributed by atoms with Gasteiger partial charge < -0.3 is 10.1 Å². The van der Waals surface area contributed by atoms with Crippen LogP contribution >= 0.6 is 0 Å². The molecule has 0 aromatic heterocycles. The zero-order valence-corrected chi connectivity index (χ0v) is 7.14. The van der Waals surface area contributed by atoms with E-state index in [-0.39, 0.29) is 18.5 Å². The molecule has 1 saturated heterocycles. The number of ether oxygens (including phenoxy) is 1. The van der Waals surface area contributed by atoms with Gasteiger partial charge in [0.2, 0.25) is 5.91 Å². The average molecular weight is 169 g/mol. The monoisotopic (exact) mass is 169 g/mol. The smallest absolute Gasteiger partial charge is 0.302 e. The van der Waals surface area contributed by atoms with Crippen LogP contribution in [-0.2, 0) is 14.3 Å². The highest BCUT2D eigenvalue weighted by molar-refractivity contribution is 6.00. The number of esters is 1. The van der Waals surface area contributed by atoms with Crippen molar-refractivity contribution >= 4 is 11.9 Å². The van der Waals surface area contributed by atoms with Crippen LogP contribution in [0.15, 0.2) is 11.1 Å². The predicted octanol–water partition coefficient (Wildman–Crippen LogP) is -0.00420. The summed E-state index contributed by atoms with van der Waals surface area (Å²) in [5.74, 6) is -0.380. The highest BCUT2D eigenvalue weighted by Gasteiger charge is 2.21. The lowest BCUT2D eigenvalue weighted by Gasteiger charge is -2.20. The van der Waals surface area contributed by atoms with Crippen molar-refractivity contribution < 1.29 is 14.3 Å². The quantitative estimate of drug-likeness (QED) is 0.359. The van der Waals surface area contributed by atoms with Gasteiger partial charge in [0.05, 0.1) is 0 Å². The SMILES string of the molecule is CC(=O)OCC(C)=C1CNC1=O. The molecule has 0 aromatic carbocycles. The first-order valence-electron chi connectivity index (χ1n) is 3.71. The van der Waals surface area contributed by atoms with E-state index in [2.05, 4.69) is 5.32 Å². The first-order chi connectivity index (χ1) is 5.61. The maximum Gasteiger partial charge on any atom is 0.302 e. The van der Waals surface area contributed by atoms with Crippen LogP contribution in [0.2, 0.25) is 0 Å². The minimum atomic E-state index is -0.324. The zero-order valence-electron chi connectivity index (χ0n) is 7.14. The van der Waals surface area contributed by atoms with Crippen LogP contribution in [0, 0.1) is 0 Å². The summed E-state index contributed by atoms with van der Waals surface area (Å²) in [5, 5.41) is 2.59. The summed E-state index contributed by atoms with van der Waals surface area (Å²) in [6.45, 7) is 3.94. The van der Waals surface area contributed by atoms with Gasteiger partial charge in [-0.1, -0.05) is 0 Å².